The van der Waals surface area contributed by atoms with Crippen molar-refractivity contribution in [3.63, 3.8) is 0 Å². The molecule has 1 aromatic carbocycles. The normalized spacial score (nSPS) is 11.9. The van der Waals surface area contributed by atoms with Crippen LogP contribution in [-0.4, -0.2) is 21.5 Å². The third-order valence-corrected chi connectivity index (χ3v) is 2.93. The molecular weight excluding hydrogens is 272 g/mol. The van der Waals surface area contributed by atoms with Gasteiger partial charge in [0.2, 0.25) is 0 Å². The molecule has 1 unspecified atom stereocenters. The van der Waals surface area contributed by atoms with Crippen molar-refractivity contribution in [2.75, 3.05) is 11.9 Å². The fourth-order valence-corrected chi connectivity index (χ4v) is 1.92. The number of H-pyrrole nitrogens is 1. The van der Waals surface area contributed by atoms with Crippen LogP contribution in [0.15, 0.2) is 30.6 Å². The predicted molar refractivity (Wildman–Crippen MR) is 79.5 cm³/mol. The van der Waals surface area contributed by atoms with Crippen LogP contribution >= 0.6 is 0 Å². The fraction of sp³-hybridized carbons (Fsp3) is 0.357. The molecule has 21 heavy (non-hydrogen) atoms. The van der Waals surface area contributed by atoms with Crippen LogP contribution in [0.5, 0.6) is 5.75 Å². The van der Waals surface area contributed by atoms with Crippen molar-refractivity contribution in [1.29, 1.82) is 0 Å². The lowest BCUT2D eigenvalue weighted by Crippen LogP contribution is -2.09. The van der Waals surface area contributed by atoms with Gasteiger partial charge in [0.05, 0.1) is 17.6 Å². The second-order valence-corrected chi connectivity index (χ2v) is 4.63. The second-order valence-electron chi connectivity index (χ2n) is 4.63. The number of ether oxygens (including phenoxy) is 1. The van der Waals surface area contributed by atoms with E-state index in [4.69, 9.17) is 4.74 Å². The molecule has 1 heterocycles. The van der Waals surface area contributed by atoms with Crippen molar-refractivity contribution in [2.45, 2.75) is 26.3 Å². The molecule has 2 aromatic rings. The van der Waals surface area contributed by atoms with Gasteiger partial charge in [0.15, 0.2) is 5.75 Å². The fourth-order valence-electron chi connectivity index (χ4n) is 1.92. The number of nitrogens with zero attached hydrogens (tertiary/aromatic N) is 2. The van der Waals surface area contributed by atoms with Crippen molar-refractivity contribution in [3.05, 3.63) is 46.5 Å². The van der Waals surface area contributed by atoms with Gasteiger partial charge in [-0.05, 0) is 19.4 Å². The van der Waals surface area contributed by atoms with E-state index in [2.05, 4.69) is 15.3 Å². The average Bonchev–Trinajstić information content (AvgIpc) is 2.99. The minimum Gasteiger partial charge on any atom is -0.487 e. The molecule has 0 aliphatic heterocycles. The summed E-state index contributed by atoms with van der Waals surface area (Å²) in [5, 5.41) is 14.2. The zero-order chi connectivity index (χ0) is 15.2. The smallest absolute Gasteiger partial charge is 0.311 e. The molecule has 7 heteroatoms. The summed E-state index contributed by atoms with van der Waals surface area (Å²) in [6.45, 7) is 4.35. The van der Waals surface area contributed by atoms with Crippen molar-refractivity contribution < 1.29 is 9.66 Å². The highest BCUT2D eigenvalue weighted by Gasteiger charge is 2.16. The average molecular weight is 290 g/mol. The third kappa shape index (κ3) is 3.71. The van der Waals surface area contributed by atoms with Crippen LogP contribution in [0.4, 0.5) is 11.4 Å². The molecule has 0 aliphatic rings. The molecule has 0 spiro atoms. The largest absolute Gasteiger partial charge is 0.487 e. The minimum atomic E-state index is -0.440. The quantitative estimate of drug-likeness (QED) is 0.603. The van der Waals surface area contributed by atoms with Gasteiger partial charge in [-0.25, -0.2) is 4.98 Å². The van der Waals surface area contributed by atoms with Gasteiger partial charge in [-0.15, -0.1) is 0 Å². The van der Waals surface area contributed by atoms with Crippen LogP contribution in [0.25, 0.3) is 0 Å². The lowest BCUT2D eigenvalue weighted by molar-refractivity contribution is -0.385. The monoisotopic (exact) mass is 290 g/mol. The van der Waals surface area contributed by atoms with Crippen molar-refractivity contribution in [1.82, 2.24) is 9.97 Å². The number of imidazole rings is 1. The van der Waals surface area contributed by atoms with E-state index in [1.54, 1.807) is 24.5 Å². The van der Waals surface area contributed by atoms with E-state index in [1.807, 2.05) is 13.8 Å². The van der Waals surface area contributed by atoms with Crippen molar-refractivity contribution in [2.24, 2.45) is 0 Å². The molecule has 2 rings (SSSR count). The Morgan fingerprint density at radius 2 is 2.33 bits per heavy atom. The van der Waals surface area contributed by atoms with Crippen LogP contribution in [0.3, 0.4) is 0 Å². The standard InChI is InChI=1S/C14H18N4O3/c1-3-8-21-13-9-11(4-5-12(13)18(19)20)17-10(2)14-15-6-7-16-14/h4-7,9-10,17H,3,8H2,1-2H3,(H,15,16). The number of hydrogen-bond donors (Lipinski definition) is 2. The number of nitrogens with one attached hydrogen (secondary N) is 2. The lowest BCUT2D eigenvalue weighted by Gasteiger charge is -2.14. The van der Waals surface area contributed by atoms with Gasteiger partial charge in [-0.1, -0.05) is 6.92 Å². The van der Waals surface area contributed by atoms with Gasteiger partial charge in [0.25, 0.3) is 0 Å². The number of aromatic amines is 1. The highest BCUT2D eigenvalue weighted by molar-refractivity contribution is 5.58. The molecular formula is C14H18N4O3. The van der Waals surface area contributed by atoms with Crippen LogP contribution in [-0.2, 0) is 0 Å². The minimum absolute atomic E-state index is 0.0281. The van der Waals surface area contributed by atoms with Crippen molar-refractivity contribution >= 4 is 11.4 Å². The van der Waals surface area contributed by atoms with Crippen LogP contribution in [0, 0.1) is 10.1 Å². The Morgan fingerprint density at radius 1 is 1.52 bits per heavy atom. The van der Waals surface area contributed by atoms with E-state index in [9.17, 15) is 10.1 Å². The number of anilines is 1. The van der Waals surface area contributed by atoms with Gasteiger partial charge in [-0.3, -0.25) is 10.1 Å². The van der Waals surface area contributed by atoms with Crippen LogP contribution in [0.2, 0.25) is 0 Å². The summed E-state index contributed by atoms with van der Waals surface area (Å²) < 4.78 is 5.46. The van der Waals surface area contributed by atoms with E-state index < -0.39 is 4.92 Å². The van der Waals surface area contributed by atoms with Gasteiger partial charge >= 0.3 is 5.69 Å². The summed E-state index contributed by atoms with van der Waals surface area (Å²) in [5.74, 6) is 1.07. The zero-order valence-electron chi connectivity index (χ0n) is 12.0. The number of hydrogen-bond acceptors (Lipinski definition) is 5. The van der Waals surface area contributed by atoms with Crippen LogP contribution < -0.4 is 10.1 Å². The van der Waals surface area contributed by atoms with E-state index in [1.165, 1.54) is 6.07 Å². The summed E-state index contributed by atoms with van der Waals surface area (Å²) in [4.78, 5) is 17.8. The highest BCUT2D eigenvalue weighted by Crippen LogP contribution is 2.31. The molecule has 0 amide bonds. The molecule has 0 bridgehead atoms. The molecule has 0 fully saturated rings. The Kier molecular flexibility index (Phi) is 4.76. The van der Waals surface area contributed by atoms with Gasteiger partial charge in [-0.2, -0.15) is 0 Å². The van der Waals surface area contributed by atoms with E-state index >= 15 is 0 Å². The molecule has 1 atom stereocenters. The SMILES string of the molecule is CCCOc1cc(NC(C)c2ncc[nH]2)ccc1[N+](=O)[O-]. The maximum atomic E-state index is 11.0. The molecule has 0 saturated carbocycles. The summed E-state index contributed by atoms with van der Waals surface area (Å²) in [6.07, 6.45) is 4.22. The highest BCUT2D eigenvalue weighted by atomic mass is 16.6. The molecule has 112 valence electrons. The summed E-state index contributed by atoms with van der Waals surface area (Å²) in [5.41, 5.74) is 0.718. The number of benzene rings is 1. The first-order chi connectivity index (χ1) is 10.1. The first-order valence-corrected chi connectivity index (χ1v) is 6.79. The molecule has 0 aliphatic carbocycles. The zero-order valence-corrected chi connectivity index (χ0v) is 12.0. The number of nitro groups is 1. The maximum Gasteiger partial charge on any atom is 0.311 e. The number of nitro benzene ring substituents is 1. The molecule has 0 saturated heterocycles. The first kappa shape index (κ1) is 14.8. The summed E-state index contributed by atoms with van der Waals surface area (Å²) in [6, 6.07) is 4.71. The van der Waals surface area contributed by atoms with Gasteiger partial charge < -0.3 is 15.0 Å². The third-order valence-electron chi connectivity index (χ3n) is 2.93. The summed E-state index contributed by atoms with van der Waals surface area (Å²) in [7, 11) is 0. The lowest BCUT2D eigenvalue weighted by atomic mass is 10.2. The van der Waals surface area contributed by atoms with Gasteiger partial charge in [0.1, 0.15) is 5.82 Å². The topological polar surface area (TPSA) is 93.1 Å². The molecule has 0 radical (unpaired) electrons. The maximum absolute atomic E-state index is 11.0. The van der Waals surface area contributed by atoms with Crippen molar-refractivity contribution in [3.8, 4) is 5.75 Å². The van der Waals surface area contributed by atoms with E-state index in [0.29, 0.717) is 6.61 Å². The Bertz CT molecular complexity index is 598. The Morgan fingerprint density at radius 3 is 2.95 bits per heavy atom. The predicted octanol–water partition coefficient (Wildman–Crippen LogP) is 3.28. The van der Waals surface area contributed by atoms with E-state index in [-0.39, 0.29) is 17.5 Å². The number of rotatable bonds is 7. The Balaban J connectivity index is 2.18. The Hall–Kier alpha value is -2.57. The molecule has 2 N–H and O–H groups in total. The van der Waals surface area contributed by atoms with E-state index in [0.717, 1.165) is 17.9 Å². The second kappa shape index (κ2) is 6.74. The summed E-state index contributed by atoms with van der Waals surface area (Å²) >= 11 is 0. The van der Waals surface area contributed by atoms with Gasteiger partial charge in [0, 0.05) is 30.2 Å². The molecule has 7 nitrogen and oxygen atoms in total. The number of aromatic nitrogens is 2. The molecule has 1 aromatic heterocycles. The Labute approximate surface area is 122 Å². The first-order valence-electron chi connectivity index (χ1n) is 6.79. The van der Waals surface area contributed by atoms with Crippen LogP contribution in [0.1, 0.15) is 32.1 Å².